The molecule has 0 radical (unpaired) electrons. The topological polar surface area (TPSA) is 90.4 Å². The minimum absolute atomic E-state index is 0.0990. The summed E-state index contributed by atoms with van der Waals surface area (Å²) in [6, 6.07) is 7.83. The molecule has 0 atom stereocenters. The maximum absolute atomic E-state index is 11.8. The Bertz CT molecular complexity index is 1490. The molecule has 0 unspecified atom stereocenters. The molecule has 2 fully saturated rings. The number of aryl methyl sites for hydroxylation is 2. The molecule has 0 spiro atoms. The molecule has 0 bridgehead atoms. The lowest BCUT2D eigenvalue weighted by atomic mass is 9.98. The van der Waals surface area contributed by atoms with Crippen LogP contribution in [0.2, 0.25) is 0 Å². The molecule has 1 aromatic carbocycles. The van der Waals surface area contributed by atoms with Crippen molar-refractivity contribution in [3.63, 3.8) is 0 Å². The SMILES string of the molecule is Cc1noc(C)c1-c1cnc2c(c1)c(-c1ccc(C(=O)O)cc1OC(C)C)c(C)n2C(C1CC1)C1CC1. The first-order valence-corrected chi connectivity index (χ1v) is 13.2. The Morgan fingerprint density at radius 2 is 1.78 bits per heavy atom. The number of rotatable bonds is 8. The predicted molar refractivity (Wildman–Crippen MR) is 142 cm³/mol. The number of hydrogen-bond acceptors (Lipinski definition) is 5. The number of fused-ring (bicyclic) bond motifs is 1. The van der Waals surface area contributed by atoms with Gasteiger partial charge in [-0.25, -0.2) is 9.78 Å². The Balaban J connectivity index is 1.64. The van der Waals surface area contributed by atoms with E-state index in [0.717, 1.165) is 50.4 Å². The average Bonchev–Trinajstić information content (AvgIpc) is 3.77. The number of carboxylic acid groups (broad SMARTS) is 1. The van der Waals surface area contributed by atoms with E-state index in [0.29, 0.717) is 23.6 Å². The highest BCUT2D eigenvalue weighted by atomic mass is 16.5. The minimum Gasteiger partial charge on any atom is -0.490 e. The van der Waals surface area contributed by atoms with Gasteiger partial charge in [-0.15, -0.1) is 0 Å². The minimum atomic E-state index is -0.968. The summed E-state index contributed by atoms with van der Waals surface area (Å²) in [6.45, 7) is 9.96. The van der Waals surface area contributed by atoms with Crippen molar-refractivity contribution in [2.45, 2.75) is 72.4 Å². The van der Waals surface area contributed by atoms with Gasteiger partial charge in [0.25, 0.3) is 0 Å². The molecule has 6 rings (SSSR count). The normalized spacial score (nSPS) is 15.8. The Hall–Kier alpha value is -3.61. The van der Waals surface area contributed by atoms with Crippen molar-refractivity contribution in [3.8, 4) is 28.0 Å². The fraction of sp³-hybridized carbons (Fsp3) is 0.433. The second-order valence-corrected chi connectivity index (χ2v) is 11.0. The third-order valence-electron chi connectivity index (χ3n) is 7.78. The van der Waals surface area contributed by atoms with Crippen LogP contribution >= 0.6 is 0 Å². The highest BCUT2D eigenvalue weighted by Crippen LogP contribution is 2.55. The zero-order valence-corrected chi connectivity index (χ0v) is 22.0. The predicted octanol–water partition coefficient (Wildman–Crippen LogP) is 7.13. The Morgan fingerprint density at radius 3 is 2.35 bits per heavy atom. The van der Waals surface area contributed by atoms with Gasteiger partial charge in [0, 0.05) is 45.6 Å². The van der Waals surface area contributed by atoms with E-state index in [9.17, 15) is 9.90 Å². The van der Waals surface area contributed by atoms with Crippen molar-refractivity contribution in [2.24, 2.45) is 11.8 Å². The van der Waals surface area contributed by atoms with Crippen molar-refractivity contribution >= 4 is 17.0 Å². The number of pyridine rings is 1. The van der Waals surface area contributed by atoms with Gasteiger partial charge >= 0.3 is 5.97 Å². The lowest BCUT2D eigenvalue weighted by Gasteiger charge is -2.21. The van der Waals surface area contributed by atoms with E-state index in [2.05, 4.69) is 22.7 Å². The van der Waals surface area contributed by atoms with Gasteiger partial charge in [0.15, 0.2) is 0 Å². The van der Waals surface area contributed by atoms with E-state index in [1.807, 2.05) is 40.0 Å². The maximum atomic E-state index is 11.8. The van der Waals surface area contributed by atoms with Crippen molar-refractivity contribution in [3.05, 3.63) is 53.2 Å². The highest BCUT2D eigenvalue weighted by molar-refractivity contribution is 6.01. The van der Waals surface area contributed by atoms with Crippen LogP contribution in [0.15, 0.2) is 35.0 Å². The van der Waals surface area contributed by atoms with Crippen LogP contribution in [-0.4, -0.2) is 31.9 Å². The fourth-order valence-electron chi connectivity index (χ4n) is 5.94. The third kappa shape index (κ3) is 4.10. The zero-order chi connectivity index (χ0) is 26.0. The van der Waals surface area contributed by atoms with Crippen molar-refractivity contribution in [1.29, 1.82) is 0 Å². The summed E-state index contributed by atoms with van der Waals surface area (Å²) in [7, 11) is 0. The molecule has 3 heterocycles. The van der Waals surface area contributed by atoms with Crippen molar-refractivity contribution < 1.29 is 19.2 Å². The molecule has 0 aliphatic heterocycles. The molecule has 192 valence electrons. The van der Waals surface area contributed by atoms with Gasteiger partial charge in [-0.3, -0.25) is 0 Å². The first kappa shape index (κ1) is 23.8. The van der Waals surface area contributed by atoms with Gasteiger partial charge in [-0.1, -0.05) is 5.16 Å². The number of aromatic nitrogens is 3. The van der Waals surface area contributed by atoms with E-state index in [-0.39, 0.29) is 11.7 Å². The Kier molecular flexibility index (Phi) is 5.62. The van der Waals surface area contributed by atoms with Crippen LogP contribution in [-0.2, 0) is 0 Å². The molecule has 0 saturated heterocycles. The summed E-state index contributed by atoms with van der Waals surface area (Å²) in [4.78, 5) is 16.8. The molecule has 37 heavy (non-hydrogen) atoms. The largest absolute Gasteiger partial charge is 0.490 e. The maximum Gasteiger partial charge on any atom is 0.335 e. The van der Waals surface area contributed by atoms with E-state index < -0.39 is 5.97 Å². The van der Waals surface area contributed by atoms with Gasteiger partial charge in [0.1, 0.15) is 17.2 Å². The van der Waals surface area contributed by atoms with E-state index in [4.69, 9.17) is 14.2 Å². The smallest absolute Gasteiger partial charge is 0.335 e. The lowest BCUT2D eigenvalue weighted by molar-refractivity contribution is 0.0696. The second kappa shape index (κ2) is 8.75. The number of hydrogen-bond donors (Lipinski definition) is 1. The van der Waals surface area contributed by atoms with Crippen molar-refractivity contribution in [1.82, 2.24) is 14.7 Å². The molecule has 3 aromatic heterocycles. The van der Waals surface area contributed by atoms with Gasteiger partial charge in [-0.05, 0) is 96.4 Å². The molecule has 7 heteroatoms. The second-order valence-electron chi connectivity index (χ2n) is 11.0. The quantitative estimate of drug-likeness (QED) is 0.277. The summed E-state index contributed by atoms with van der Waals surface area (Å²) >= 11 is 0. The van der Waals surface area contributed by atoms with Gasteiger partial charge < -0.3 is 18.9 Å². The van der Waals surface area contributed by atoms with Gasteiger partial charge in [-0.2, -0.15) is 0 Å². The first-order chi connectivity index (χ1) is 17.7. The molecule has 1 N–H and O–H groups in total. The number of carboxylic acids is 1. The summed E-state index contributed by atoms with van der Waals surface area (Å²) in [5, 5.41) is 14.8. The molecule has 7 nitrogen and oxygen atoms in total. The van der Waals surface area contributed by atoms with Crippen LogP contribution in [0.3, 0.4) is 0 Å². The van der Waals surface area contributed by atoms with Crippen LogP contribution in [0, 0.1) is 32.6 Å². The Morgan fingerprint density at radius 1 is 1.08 bits per heavy atom. The fourth-order valence-corrected chi connectivity index (χ4v) is 5.94. The lowest BCUT2D eigenvalue weighted by Crippen LogP contribution is -2.15. The molecular formula is C30H33N3O4. The summed E-state index contributed by atoms with van der Waals surface area (Å²) < 4.78 is 14.1. The third-order valence-corrected chi connectivity index (χ3v) is 7.78. The summed E-state index contributed by atoms with van der Waals surface area (Å²) in [5.74, 6) is 1.76. The summed E-state index contributed by atoms with van der Waals surface area (Å²) in [5.41, 5.74) is 7.04. The molecule has 4 aromatic rings. The molecule has 2 saturated carbocycles. The van der Waals surface area contributed by atoms with E-state index in [1.165, 1.54) is 25.7 Å². The number of aromatic carboxylic acids is 1. The van der Waals surface area contributed by atoms with Crippen LogP contribution in [0.5, 0.6) is 5.75 Å². The molecule has 2 aliphatic carbocycles. The highest BCUT2D eigenvalue weighted by Gasteiger charge is 2.44. The first-order valence-electron chi connectivity index (χ1n) is 13.2. The van der Waals surface area contributed by atoms with Crippen molar-refractivity contribution in [2.75, 3.05) is 0 Å². The Labute approximate surface area is 216 Å². The molecular weight excluding hydrogens is 466 g/mol. The number of nitrogens with zero attached hydrogens (tertiary/aromatic N) is 3. The van der Waals surface area contributed by atoms with Crippen LogP contribution in [0.25, 0.3) is 33.3 Å². The molecule has 2 aliphatic rings. The van der Waals surface area contributed by atoms with E-state index in [1.54, 1.807) is 12.1 Å². The van der Waals surface area contributed by atoms with Gasteiger partial charge in [0.05, 0.1) is 17.4 Å². The number of ether oxygens (including phenoxy) is 1. The summed E-state index contributed by atoms with van der Waals surface area (Å²) in [6.07, 6.45) is 6.90. The monoisotopic (exact) mass is 499 g/mol. The number of benzene rings is 1. The van der Waals surface area contributed by atoms with E-state index >= 15 is 0 Å². The molecule has 0 amide bonds. The zero-order valence-electron chi connectivity index (χ0n) is 22.0. The van der Waals surface area contributed by atoms with Crippen LogP contribution in [0.4, 0.5) is 0 Å². The van der Waals surface area contributed by atoms with Gasteiger partial charge in [0.2, 0.25) is 0 Å². The van der Waals surface area contributed by atoms with Crippen LogP contribution in [0.1, 0.15) is 73.1 Å². The standard InChI is InChI=1S/C30H33N3O4/c1-15(2)36-25-13-21(30(34)35)10-11-23(25)27-17(4)33(28(19-6-7-19)20-8-9-20)29-24(27)12-22(14-31-29)26-16(3)32-37-18(26)5/h10-15,19-20,28H,6-9H2,1-5H3,(H,34,35). The van der Waals surface area contributed by atoms with Crippen LogP contribution < -0.4 is 4.74 Å². The average molecular weight is 500 g/mol. The number of carbonyl (C=O) groups is 1.